The van der Waals surface area contributed by atoms with Crippen molar-refractivity contribution in [3.63, 3.8) is 0 Å². The van der Waals surface area contributed by atoms with Gasteiger partial charge in [0.15, 0.2) is 0 Å². The molecular weight excluding hydrogens is 248 g/mol. The van der Waals surface area contributed by atoms with Crippen LogP contribution in [0.2, 0.25) is 5.02 Å². The van der Waals surface area contributed by atoms with Crippen LogP contribution < -0.4 is 10.6 Å². The van der Waals surface area contributed by atoms with Crippen molar-refractivity contribution in [2.45, 2.75) is 39.2 Å². The number of hydrogen-bond donors (Lipinski definition) is 1. The van der Waals surface area contributed by atoms with Crippen molar-refractivity contribution >= 4 is 23.2 Å². The first-order valence-electron chi connectivity index (χ1n) is 6.44. The lowest BCUT2D eigenvalue weighted by atomic mass is 10.0. The first-order chi connectivity index (χ1) is 8.58. The molecule has 0 aliphatic carbocycles. The summed E-state index contributed by atoms with van der Waals surface area (Å²) in [5.41, 5.74) is 9.09. The van der Waals surface area contributed by atoms with Crippen LogP contribution in [0.15, 0.2) is 12.1 Å². The number of anilines is 1. The van der Waals surface area contributed by atoms with Gasteiger partial charge in [-0.3, -0.25) is 4.79 Å². The summed E-state index contributed by atoms with van der Waals surface area (Å²) >= 11 is 6.25. The molecule has 1 heterocycles. The van der Waals surface area contributed by atoms with Gasteiger partial charge in [-0.1, -0.05) is 31.5 Å². The average Bonchev–Trinajstić information content (AvgIpc) is 2.67. The number of carbonyl (C=O) groups excluding carboxylic acids is 1. The maximum absolute atomic E-state index is 12.0. The van der Waals surface area contributed by atoms with Gasteiger partial charge in [0.05, 0.1) is 5.69 Å². The maximum Gasteiger partial charge on any atom is 0.228 e. The number of rotatable bonds is 3. The van der Waals surface area contributed by atoms with Crippen molar-refractivity contribution in [2.24, 2.45) is 5.73 Å². The van der Waals surface area contributed by atoms with Crippen LogP contribution in [0.25, 0.3) is 0 Å². The molecule has 2 rings (SSSR count). The first-order valence-corrected chi connectivity index (χ1v) is 6.82. The van der Waals surface area contributed by atoms with Gasteiger partial charge in [0, 0.05) is 24.0 Å². The Labute approximate surface area is 113 Å². The number of halogens is 1. The lowest BCUT2D eigenvalue weighted by molar-refractivity contribution is -0.117. The van der Waals surface area contributed by atoms with Gasteiger partial charge in [-0.05, 0) is 30.0 Å². The summed E-state index contributed by atoms with van der Waals surface area (Å²) in [7, 11) is 0. The Kier molecular flexibility index (Phi) is 3.93. The Balaban J connectivity index is 2.54. The first kappa shape index (κ1) is 13.4. The Morgan fingerprint density at radius 2 is 2.11 bits per heavy atom. The van der Waals surface area contributed by atoms with Gasteiger partial charge in [-0.15, -0.1) is 0 Å². The Hall–Kier alpha value is -1.06. The van der Waals surface area contributed by atoms with E-state index in [-0.39, 0.29) is 11.9 Å². The second-order valence-electron chi connectivity index (χ2n) is 4.71. The molecule has 18 heavy (non-hydrogen) atoms. The topological polar surface area (TPSA) is 46.3 Å². The van der Waals surface area contributed by atoms with E-state index in [2.05, 4.69) is 13.8 Å². The smallest absolute Gasteiger partial charge is 0.228 e. The lowest BCUT2D eigenvalue weighted by Gasteiger charge is -2.24. The zero-order valence-electron chi connectivity index (χ0n) is 10.9. The fraction of sp³-hybridized carbons (Fsp3) is 0.500. The summed E-state index contributed by atoms with van der Waals surface area (Å²) in [5.74, 6) is 0.106. The van der Waals surface area contributed by atoms with Crippen molar-refractivity contribution in [3.05, 3.63) is 28.3 Å². The maximum atomic E-state index is 12.0. The Bertz CT molecular complexity index is 473. The highest BCUT2D eigenvalue weighted by atomic mass is 35.5. The Morgan fingerprint density at radius 1 is 1.39 bits per heavy atom. The molecule has 1 saturated heterocycles. The van der Waals surface area contributed by atoms with Crippen LogP contribution in [0, 0.1) is 0 Å². The predicted molar refractivity (Wildman–Crippen MR) is 75.2 cm³/mol. The van der Waals surface area contributed by atoms with E-state index in [4.69, 9.17) is 17.3 Å². The molecule has 1 aromatic carbocycles. The zero-order chi connectivity index (χ0) is 13.3. The molecule has 2 N–H and O–H groups in total. The van der Waals surface area contributed by atoms with Crippen molar-refractivity contribution in [2.75, 3.05) is 11.4 Å². The van der Waals surface area contributed by atoms with Gasteiger partial charge < -0.3 is 10.6 Å². The van der Waals surface area contributed by atoms with Crippen LogP contribution in [0.3, 0.4) is 0 Å². The summed E-state index contributed by atoms with van der Waals surface area (Å²) < 4.78 is 0. The van der Waals surface area contributed by atoms with Crippen LogP contribution in [0.5, 0.6) is 0 Å². The van der Waals surface area contributed by atoms with Crippen LogP contribution in [-0.2, 0) is 17.6 Å². The molecule has 1 fully saturated rings. The molecule has 1 aromatic rings. The van der Waals surface area contributed by atoms with Gasteiger partial charge in [0.1, 0.15) is 0 Å². The SMILES string of the molecule is CCc1ccc(Cl)c(CC)c1N1CC(N)CC1=O. The number of carbonyl (C=O) groups is 1. The quantitative estimate of drug-likeness (QED) is 0.914. The van der Waals surface area contributed by atoms with E-state index in [1.54, 1.807) is 0 Å². The normalized spacial score (nSPS) is 19.7. The van der Waals surface area contributed by atoms with Crippen molar-refractivity contribution in [3.8, 4) is 0 Å². The fourth-order valence-electron chi connectivity index (χ4n) is 2.57. The third-order valence-corrected chi connectivity index (χ3v) is 3.82. The highest BCUT2D eigenvalue weighted by Crippen LogP contribution is 2.34. The molecule has 1 atom stereocenters. The van der Waals surface area contributed by atoms with E-state index in [1.165, 1.54) is 5.56 Å². The monoisotopic (exact) mass is 266 g/mol. The van der Waals surface area contributed by atoms with Gasteiger partial charge in [-0.2, -0.15) is 0 Å². The van der Waals surface area contributed by atoms with E-state index in [0.717, 1.165) is 29.1 Å². The molecule has 1 amide bonds. The van der Waals surface area contributed by atoms with Gasteiger partial charge >= 0.3 is 0 Å². The van der Waals surface area contributed by atoms with Crippen LogP contribution >= 0.6 is 11.6 Å². The van der Waals surface area contributed by atoms with Gasteiger partial charge in [-0.25, -0.2) is 0 Å². The number of nitrogens with two attached hydrogens (primary N) is 1. The summed E-state index contributed by atoms with van der Waals surface area (Å²) in [6.45, 7) is 4.75. The Morgan fingerprint density at radius 3 is 2.61 bits per heavy atom. The average molecular weight is 267 g/mol. The van der Waals surface area contributed by atoms with Crippen molar-refractivity contribution in [1.82, 2.24) is 0 Å². The number of nitrogens with zero attached hydrogens (tertiary/aromatic N) is 1. The standard InChI is InChI=1S/C14H19ClN2O/c1-3-9-5-6-12(15)11(4-2)14(9)17-8-10(16)7-13(17)18/h5-6,10H,3-4,7-8,16H2,1-2H3. The van der Waals surface area contributed by atoms with Gasteiger partial charge in [0.2, 0.25) is 5.91 Å². The molecule has 4 heteroatoms. The van der Waals surface area contributed by atoms with E-state index in [1.807, 2.05) is 17.0 Å². The zero-order valence-corrected chi connectivity index (χ0v) is 11.6. The van der Waals surface area contributed by atoms with Crippen LogP contribution in [0.1, 0.15) is 31.4 Å². The lowest BCUT2D eigenvalue weighted by Crippen LogP contribution is -2.29. The third-order valence-electron chi connectivity index (χ3n) is 3.47. The summed E-state index contributed by atoms with van der Waals surface area (Å²) in [6, 6.07) is 3.86. The molecule has 0 aromatic heterocycles. The second kappa shape index (κ2) is 5.29. The van der Waals surface area contributed by atoms with E-state index < -0.39 is 0 Å². The number of benzene rings is 1. The second-order valence-corrected chi connectivity index (χ2v) is 5.12. The highest BCUT2D eigenvalue weighted by molar-refractivity contribution is 6.32. The molecule has 3 nitrogen and oxygen atoms in total. The molecule has 0 saturated carbocycles. The van der Waals surface area contributed by atoms with Crippen molar-refractivity contribution in [1.29, 1.82) is 0 Å². The molecule has 0 spiro atoms. The largest absolute Gasteiger partial charge is 0.326 e. The minimum absolute atomic E-state index is 0.0640. The van der Waals surface area contributed by atoms with E-state index >= 15 is 0 Å². The third kappa shape index (κ3) is 2.25. The minimum atomic E-state index is -0.0640. The van der Waals surface area contributed by atoms with Crippen molar-refractivity contribution < 1.29 is 4.79 Å². The molecule has 1 aliphatic rings. The summed E-state index contributed by atoms with van der Waals surface area (Å²) in [6.07, 6.45) is 2.14. The molecular formula is C14H19ClN2O. The molecule has 1 aliphatic heterocycles. The molecule has 0 radical (unpaired) electrons. The van der Waals surface area contributed by atoms with E-state index in [0.29, 0.717) is 13.0 Å². The highest BCUT2D eigenvalue weighted by Gasteiger charge is 2.31. The van der Waals surface area contributed by atoms with Crippen LogP contribution in [0.4, 0.5) is 5.69 Å². The minimum Gasteiger partial charge on any atom is -0.326 e. The number of aryl methyl sites for hydroxylation is 1. The number of amides is 1. The predicted octanol–water partition coefficient (Wildman–Crippen LogP) is 2.53. The summed E-state index contributed by atoms with van der Waals surface area (Å²) in [4.78, 5) is 13.8. The molecule has 1 unspecified atom stereocenters. The molecule has 0 bridgehead atoms. The van der Waals surface area contributed by atoms with Crippen LogP contribution in [-0.4, -0.2) is 18.5 Å². The number of hydrogen-bond acceptors (Lipinski definition) is 2. The van der Waals surface area contributed by atoms with E-state index in [9.17, 15) is 4.79 Å². The molecule has 98 valence electrons. The fourth-order valence-corrected chi connectivity index (χ4v) is 2.86. The summed E-state index contributed by atoms with van der Waals surface area (Å²) in [5, 5.41) is 0.734. The van der Waals surface area contributed by atoms with Gasteiger partial charge in [0.25, 0.3) is 0 Å².